The number of carbonyl (C=O) groups excluding carboxylic acids is 2. The van der Waals surface area contributed by atoms with Crippen LogP contribution in [0.4, 0.5) is 5.69 Å². The van der Waals surface area contributed by atoms with Crippen LogP contribution in [0.15, 0.2) is 297 Å². The Labute approximate surface area is 508 Å². The highest BCUT2D eigenvalue weighted by Crippen LogP contribution is 2.58. The van der Waals surface area contributed by atoms with E-state index in [9.17, 15) is 4.79 Å². The van der Waals surface area contributed by atoms with E-state index in [1.165, 1.54) is 0 Å². The Morgan fingerprint density at radius 3 is 1.03 bits per heavy atom. The summed E-state index contributed by atoms with van der Waals surface area (Å²) in [6.45, 7) is 0. The van der Waals surface area contributed by atoms with Crippen LogP contribution < -0.4 is 20.5 Å². The van der Waals surface area contributed by atoms with Gasteiger partial charge in [-0.1, -0.05) is 279 Å². The molecule has 0 radical (unpaired) electrons. The van der Waals surface area contributed by atoms with E-state index in [1.54, 1.807) is 6.07 Å². The van der Waals surface area contributed by atoms with Crippen molar-refractivity contribution >= 4 is 60.6 Å². The minimum atomic E-state index is -0.622. The van der Waals surface area contributed by atoms with Crippen molar-refractivity contribution < 1.29 is 19.1 Å². The molecule has 15 aromatic carbocycles. The minimum Gasteiger partial charge on any atom is -0.456 e. The lowest BCUT2D eigenvalue weighted by atomic mass is 9.81. The summed E-state index contributed by atoms with van der Waals surface area (Å²) >= 11 is 0. The summed E-state index contributed by atoms with van der Waals surface area (Å²) in [5.41, 5.74) is 23.6. The summed E-state index contributed by atoms with van der Waals surface area (Å²) in [6.07, 6.45) is 0. The van der Waals surface area contributed by atoms with Crippen molar-refractivity contribution in [1.29, 1.82) is 0 Å². The Bertz CT molecular complexity index is 5210. The van der Waals surface area contributed by atoms with Crippen molar-refractivity contribution in [2.75, 3.05) is 5.73 Å². The molecule has 1 heterocycles. The molecular weight excluding hydrogens is 1080 g/mol. The van der Waals surface area contributed by atoms with Crippen LogP contribution in [0.1, 0.15) is 20.7 Å². The first kappa shape index (κ1) is 51.8. The van der Waals surface area contributed by atoms with Crippen LogP contribution >= 0.6 is 0 Å². The number of nitrogens with two attached hydrogens (primary N) is 1. The van der Waals surface area contributed by atoms with Gasteiger partial charge in [0.15, 0.2) is 5.75 Å². The Morgan fingerprint density at radius 2 is 0.614 bits per heavy atom. The van der Waals surface area contributed by atoms with Crippen LogP contribution in [0.2, 0.25) is 0 Å². The van der Waals surface area contributed by atoms with E-state index in [4.69, 9.17) is 15.2 Å². The summed E-state index contributed by atoms with van der Waals surface area (Å²) in [6, 6.07) is 102. The third kappa shape index (κ3) is 8.49. The number of ether oxygens (including phenoxy) is 2. The zero-order valence-corrected chi connectivity index (χ0v) is 47.5. The highest BCUT2D eigenvalue weighted by Gasteiger charge is 2.36. The van der Waals surface area contributed by atoms with Crippen molar-refractivity contribution in [3.05, 3.63) is 308 Å². The predicted octanol–water partition coefficient (Wildman–Crippen LogP) is 21.1. The van der Waals surface area contributed by atoms with Crippen LogP contribution in [0.3, 0.4) is 0 Å². The molecule has 88 heavy (non-hydrogen) atoms. The van der Waals surface area contributed by atoms with Gasteiger partial charge < -0.3 is 15.2 Å². The molecule has 6 nitrogen and oxygen atoms in total. The Kier molecular flexibility index (Phi) is 12.5. The molecule has 0 unspecified atom stereocenters. The second kappa shape index (κ2) is 21.3. The van der Waals surface area contributed by atoms with Gasteiger partial charge in [0, 0.05) is 43.8 Å². The number of amides is 2. The zero-order chi connectivity index (χ0) is 58.8. The van der Waals surface area contributed by atoms with Gasteiger partial charge in [-0.05, 0) is 107 Å². The molecule has 15 aromatic rings. The number of benzene rings is 15. The molecule has 0 aliphatic carbocycles. The van der Waals surface area contributed by atoms with E-state index in [0.717, 1.165) is 111 Å². The third-order valence-electron chi connectivity index (χ3n) is 17.2. The first-order valence-corrected chi connectivity index (χ1v) is 29.5. The number of rotatable bonds is 12. The lowest BCUT2D eigenvalue weighted by molar-refractivity contribution is 0.0845. The van der Waals surface area contributed by atoms with Crippen LogP contribution in [0, 0.1) is 0 Å². The Balaban J connectivity index is 1.05. The molecule has 0 bridgehead atoms. The first-order chi connectivity index (χ1) is 43.5. The molecule has 0 spiro atoms. The fourth-order valence-electron chi connectivity index (χ4n) is 13.6. The van der Waals surface area contributed by atoms with E-state index < -0.39 is 11.8 Å². The van der Waals surface area contributed by atoms with E-state index in [-0.39, 0.29) is 22.6 Å². The van der Waals surface area contributed by atoms with Gasteiger partial charge in [0.1, 0.15) is 17.2 Å². The molecule has 6 heteroatoms. The average molecular weight is 1130 g/mol. The van der Waals surface area contributed by atoms with E-state index in [1.807, 2.05) is 78.9 Å². The maximum Gasteiger partial charge on any atom is 0.261 e. The molecule has 1 aliphatic heterocycles. The summed E-state index contributed by atoms with van der Waals surface area (Å²) in [4.78, 5) is 30.0. The number of fused-ring (bicyclic) bond motifs is 2. The molecule has 0 saturated heterocycles. The van der Waals surface area contributed by atoms with Gasteiger partial charge in [-0.2, -0.15) is 0 Å². The van der Waals surface area contributed by atoms with Crippen molar-refractivity contribution in [3.63, 3.8) is 0 Å². The fraction of sp³-hybridized carbons (Fsp3) is 0. The Hall–Kier alpha value is -11.9. The maximum absolute atomic E-state index is 15.0. The minimum absolute atomic E-state index is 0.0984. The highest BCUT2D eigenvalue weighted by molar-refractivity contribution is 6.42. The molecule has 2 amide bonds. The predicted molar refractivity (Wildman–Crippen MR) is 360 cm³/mol. The van der Waals surface area contributed by atoms with Gasteiger partial charge in [-0.3, -0.25) is 14.9 Å². The van der Waals surface area contributed by atoms with Gasteiger partial charge in [0.2, 0.25) is 0 Å². The van der Waals surface area contributed by atoms with Crippen molar-refractivity contribution in [1.82, 2.24) is 5.32 Å². The van der Waals surface area contributed by atoms with Crippen molar-refractivity contribution in [2.24, 2.45) is 0 Å². The molecule has 0 aromatic heterocycles. The van der Waals surface area contributed by atoms with Crippen molar-refractivity contribution in [2.45, 2.75) is 0 Å². The molecule has 3 N–H and O–H groups in total. The number of anilines is 1. The highest BCUT2D eigenvalue weighted by atomic mass is 16.5. The molecule has 0 saturated carbocycles. The van der Waals surface area contributed by atoms with Gasteiger partial charge in [0.05, 0.1) is 16.8 Å². The third-order valence-corrected chi connectivity index (χ3v) is 17.2. The number of hydrogen-bond donors (Lipinski definition) is 2. The number of nitrogen functional groups attached to an aromatic ring is 1. The van der Waals surface area contributed by atoms with Gasteiger partial charge in [-0.15, -0.1) is 0 Å². The topological polar surface area (TPSA) is 90.7 Å². The molecule has 414 valence electrons. The summed E-state index contributed by atoms with van der Waals surface area (Å²) < 4.78 is 15.7. The summed E-state index contributed by atoms with van der Waals surface area (Å²) in [5, 5.41) is 8.70. The quantitative estimate of drug-likeness (QED) is 0.0550. The first-order valence-electron chi connectivity index (χ1n) is 29.5. The normalized spacial score (nSPS) is 12.0. The van der Waals surface area contributed by atoms with Gasteiger partial charge in [-0.25, -0.2) is 0 Å². The monoisotopic (exact) mass is 1130 g/mol. The lowest BCUT2D eigenvalue weighted by Crippen LogP contribution is -2.35. The molecular formula is C82H52N2O4. The van der Waals surface area contributed by atoms with Crippen LogP contribution in [0.5, 0.6) is 23.0 Å². The van der Waals surface area contributed by atoms with Crippen LogP contribution in [0.25, 0.3) is 132 Å². The van der Waals surface area contributed by atoms with Gasteiger partial charge in [0.25, 0.3) is 11.8 Å². The molecule has 1 aliphatic rings. The number of nitrogens with one attached hydrogen (secondary N) is 1. The van der Waals surface area contributed by atoms with E-state index in [0.29, 0.717) is 38.8 Å². The molecule has 0 fully saturated rings. The number of carbonyl (C=O) groups is 2. The Morgan fingerprint density at radius 1 is 0.261 bits per heavy atom. The average Bonchev–Trinajstić information content (AvgIpc) is 0.791. The SMILES string of the molecule is Nc1c2c3c(cc(Oc4cc(-c5ccccc5)c(-c5ccccc5)c(-c5ccccc5)c4-c4ccccc4)c4c5cccc6cccc(c(c1Oc1cc(-c7ccccc7)c(-c7ccccc7)c(-c7ccccc7)c1-c1ccccc1)c34)c65)C(=O)NC2=O. The van der Waals surface area contributed by atoms with E-state index in [2.05, 4.69) is 218 Å². The number of imide groups is 1. The summed E-state index contributed by atoms with van der Waals surface area (Å²) in [7, 11) is 0. The summed E-state index contributed by atoms with van der Waals surface area (Å²) in [5.74, 6) is 0.573. The standard InChI is InChI=1S/C82H52N2O4/c83-79-78-75-63(81(85)84-82(78)86)49-66(87-64-47-61(50-27-9-1-10-28-50)68(53-31-13-3-14-32-53)72(57-39-21-7-22-40-57)70(64)55-35-17-5-18-36-55)74-59-45-25-43-52-44-26-46-60(67(52)59)76(77(74)75)80(79)88-65-48-62(51-29-11-2-12-30-51)69(54-33-15-4-16-34-54)73(58-41-23-8-24-42-58)71(65)56-37-19-6-20-38-56/h1-49H,83H2,(H,84,85,86). The fourth-order valence-corrected chi connectivity index (χ4v) is 13.6. The smallest absolute Gasteiger partial charge is 0.261 e. The molecule has 0 atom stereocenters. The van der Waals surface area contributed by atoms with Crippen molar-refractivity contribution in [3.8, 4) is 112 Å². The largest absolute Gasteiger partial charge is 0.456 e. The second-order valence-corrected chi connectivity index (χ2v) is 22.3. The van der Waals surface area contributed by atoms with E-state index >= 15 is 4.79 Å². The molecule has 16 rings (SSSR count). The zero-order valence-electron chi connectivity index (χ0n) is 47.5. The van der Waals surface area contributed by atoms with Crippen LogP contribution in [-0.2, 0) is 0 Å². The van der Waals surface area contributed by atoms with Crippen LogP contribution in [-0.4, -0.2) is 11.8 Å². The lowest BCUT2D eigenvalue weighted by Gasteiger charge is -2.28. The maximum atomic E-state index is 15.0. The van der Waals surface area contributed by atoms with Gasteiger partial charge >= 0.3 is 0 Å². The second-order valence-electron chi connectivity index (χ2n) is 22.3. The number of hydrogen-bond acceptors (Lipinski definition) is 5.